The third kappa shape index (κ3) is 2.83. The SMILES string of the molecule is O=c1[nH]c(NC(c2ccccc2)c2ccccc2)nc2c1CCC2. The zero-order valence-electron chi connectivity index (χ0n) is 13.3. The number of benzene rings is 2. The maximum Gasteiger partial charge on any atom is 0.255 e. The Bertz CT molecular complexity index is 848. The van der Waals surface area contributed by atoms with Gasteiger partial charge in [0.25, 0.3) is 5.56 Å². The summed E-state index contributed by atoms with van der Waals surface area (Å²) in [4.78, 5) is 19.8. The van der Waals surface area contributed by atoms with E-state index in [0.717, 1.165) is 41.6 Å². The van der Waals surface area contributed by atoms with E-state index >= 15 is 0 Å². The summed E-state index contributed by atoms with van der Waals surface area (Å²) >= 11 is 0. The van der Waals surface area contributed by atoms with Crippen molar-refractivity contribution in [2.45, 2.75) is 25.3 Å². The van der Waals surface area contributed by atoms with Gasteiger partial charge in [0.05, 0.1) is 11.7 Å². The highest BCUT2D eigenvalue weighted by Gasteiger charge is 2.19. The molecule has 0 amide bonds. The van der Waals surface area contributed by atoms with Crippen molar-refractivity contribution in [2.75, 3.05) is 5.32 Å². The molecule has 0 atom stereocenters. The molecule has 1 aliphatic carbocycles. The summed E-state index contributed by atoms with van der Waals surface area (Å²) < 4.78 is 0. The van der Waals surface area contributed by atoms with Gasteiger partial charge in [0.2, 0.25) is 5.95 Å². The van der Waals surface area contributed by atoms with Crippen LogP contribution in [0.4, 0.5) is 5.95 Å². The quantitative estimate of drug-likeness (QED) is 0.775. The summed E-state index contributed by atoms with van der Waals surface area (Å²) in [6, 6.07) is 20.3. The van der Waals surface area contributed by atoms with Crippen LogP contribution in [0.15, 0.2) is 65.5 Å². The van der Waals surface area contributed by atoms with E-state index in [0.29, 0.717) is 5.95 Å². The van der Waals surface area contributed by atoms with Gasteiger partial charge in [-0.25, -0.2) is 4.98 Å². The first-order chi connectivity index (χ1) is 11.8. The summed E-state index contributed by atoms with van der Waals surface area (Å²) in [5.74, 6) is 0.540. The molecule has 0 aliphatic heterocycles. The molecule has 0 fully saturated rings. The fraction of sp³-hybridized carbons (Fsp3) is 0.200. The summed E-state index contributed by atoms with van der Waals surface area (Å²) in [7, 11) is 0. The van der Waals surface area contributed by atoms with Crippen LogP contribution in [0.3, 0.4) is 0 Å². The zero-order valence-corrected chi connectivity index (χ0v) is 13.3. The van der Waals surface area contributed by atoms with Gasteiger partial charge in [-0.2, -0.15) is 0 Å². The van der Waals surface area contributed by atoms with Crippen molar-refractivity contribution < 1.29 is 0 Å². The standard InChI is InChI=1S/C20H19N3O/c24-19-16-12-7-13-17(16)21-20(23-19)22-18(14-8-3-1-4-9-14)15-10-5-2-6-11-15/h1-6,8-11,18H,7,12-13H2,(H2,21,22,23,24). The number of hydrogen-bond donors (Lipinski definition) is 2. The van der Waals surface area contributed by atoms with Gasteiger partial charge >= 0.3 is 0 Å². The third-order valence-corrected chi connectivity index (χ3v) is 4.49. The Labute approximate surface area is 140 Å². The number of nitrogens with one attached hydrogen (secondary N) is 2. The van der Waals surface area contributed by atoms with E-state index in [-0.39, 0.29) is 11.6 Å². The summed E-state index contributed by atoms with van der Waals surface area (Å²) in [6.45, 7) is 0. The molecule has 0 spiro atoms. The molecule has 4 nitrogen and oxygen atoms in total. The summed E-state index contributed by atoms with van der Waals surface area (Å²) in [6.07, 6.45) is 2.73. The van der Waals surface area contributed by atoms with Crippen LogP contribution in [-0.2, 0) is 12.8 Å². The van der Waals surface area contributed by atoms with E-state index in [1.165, 1.54) is 0 Å². The van der Waals surface area contributed by atoms with Crippen molar-refractivity contribution in [3.63, 3.8) is 0 Å². The smallest absolute Gasteiger partial charge is 0.255 e. The molecule has 1 heterocycles. The lowest BCUT2D eigenvalue weighted by molar-refractivity contribution is 0.883. The molecular formula is C20H19N3O. The minimum absolute atomic E-state index is 0.0140. The topological polar surface area (TPSA) is 57.8 Å². The molecule has 1 aromatic heterocycles. The van der Waals surface area contributed by atoms with E-state index in [1.54, 1.807) is 0 Å². The summed E-state index contributed by atoms with van der Waals surface area (Å²) in [5.41, 5.74) is 4.02. The highest BCUT2D eigenvalue weighted by molar-refractivity contribution is 5.42. The largest absolute Gasteiger partial charge is 0.345 e. The molecule has 3 aromatic rings. The number of nitrogens with zero attached hydrogens (tertiary/aromatic N) is 1. The minimum Gasteiger partial charge on any atom is -0.345 e. The molecular weight excluding hydrogens is 298 g/mol. The van der Waals surface area contributed by atoms with Gasteiger partial charge in [-0.3, -0.25) is 9.78 Å². The van der Waals surface area contributed by atoms with Crippen LogP contribution in [0.25, 0.3) is 0 Å². The van der Waals surface area contributed by atoms with E-state index < -0.39 is 0 Å². The average Bonchev–Trinajstić information content (AvgIpc) is 3.10. The van der Waals surface area contributed by atoms with Crippen LogP contribution < -0.4 is 10.9 Å². The van der Waals surface area contributed by atoms with Gasteiger partial charge in [0.1, 0.15) is 0 Å². The van der Waals surface area contributed by atoms with Crippen LogP contribution in [-0.4, -0.2) is 9.97 Å². The number of fused-ring (bicyclic) bond motifs is 1. The average molecular weight is 317 g/mol. The van der Waals surface area contributed by atoms with E-state index in [9.17, 15) is 4.79 Å². The minimum atomic E-state index is -0.0602. The third-order valence-electron chi connectivity index (χ3n) is 4.49. The Hall–Kier alpha value is -2.88. The van der Waals surface area contributed by atoms with Crippen LogP contribution >= 0.6 is 0 Å². The van der Waals surface area contributed by atoms with Crippen molar-refractivity contribution in [3.05, 3.63) is 93.4 Å². The molecule has 0 bridgehead atoms. The van der Waals surface area contributed by atoms with Gasteiger partial charge in [0.15, 0.2) is 0 Å². The van der Waals surface area contributed by atoms with Crippen LogP contribution in [0, 0.1) is 0 Å². The Morgan fingerprint density at radius 3 is 2.17 bits per heavy atom. The molecule has 0 saturated carbocycles. The normalized spacial score (nSPS) is 13.0. The molecule has 2 N–H and O–H groups in total. The monoisotopic (exact) mass is 317 g/mol. The second-order valence-corrected chi connectivity index (χ2v) is 6.09. The highest BCUT2D eigenvalue weighted by Crippen LogP contribution is 2.26. The Morgan fingerprint density at radius 2 is 1.54 bits per heavy atom. The van der Waals surface area contributed by atoms with E-state index in [1.807, 2.05) is 36.4 Å². The van der Waals surface area contributed by atoms with Crippen molar-refractivity contribution >= 4 is 5.95 Å². The molecule has 1 aliphatic rings. The number of hydrogen-bond acceptors (Lipinski definition) is 3. The predicted molar refractivity (Wildman–Crippen MR) is 95.2 cm³/mol. The number of H-pyrrole nitrogens is 1. The molecule has 0 radical (unpaired) electrons. The number of aryl methyl sites for hydroxylation is 1. The van der Waals surface area contributed by atoms with Gasteiger partial charge in [-0.05, 0) is 30.4 Å². The number of rotatable bonds is 4. The first kappa shape index (κ1) is 14.7. The molecule has 4 rings (SSSR count). The van der Waals surface area contributed by atoms with Gasteiger partial charge in [-0.15, -0.1) is 0 Å². The fourth-order valence-corrected chi connectivity index (χ4v) is 3.30. The first-order valence-corrected chi connectivity index (χ1v) is 8.30. The molecule has 0 saturated heterocycles. The molecule has 24 heavy (non-hydrogen) atoms. The fourth-order valence-electron chi connectivity index (χ4n) is 3.30. The lowest BCUT2D eigenvalue weighted by atomic mass is 9.99. The maximum absolute atomic E-state index is 12.3. The van der Waals surface area contributed by atoms with Crippen molar-refractivity contribution in [2.24, 2.45) is 0 Å². The highest BCUT2D eigenvalue weighted by atomic mass is 16.1. The van der Waals surface area contributed by atoms with Crippen molar-refractivity contribution in [1.82, 2.24) is 9.97 Å². The molecule has 0 unspecified atom stereocenters. The van der Waals surface area contributed by atoms with Gasteiger partial charge in [0, 0.05) is 5.56 Å². The summed E-state index contributed by atoms with van der Waals surface area (Å²) in [5, 5.41) is 3.42. The number of aromatic nitrogens is 2. The van der Waals surface area contributed by atoms with Crippen LogP contribution in [0.1, 0.15) is 34.8 Å². The number of aromatic amines is 1. The second-order valence-electron chi connectivity index (χ2n) is 6.09. The Morgan fingerprint density at radius 1 is 0.917 bits per heavy atom. The second kappa shape index (κ2) is 6.32. The van der Waals surface area contributed by atoms with E-state index in [2.05, 4.69) is 39.6 Å². The Kier molecular flexibility index (Phi) is 3.87. The molecule has 120 valence electrons. The van der Waals surface area contributed by atoms with E-state index in [4.69, 9.17) is 0 Å². The lowest BCUT2D eigenvalue weighted by Crippen LogP contribution is -2.20. The van der Waals surface area contributed by atoms with Gasteiger partial charge < -0.3 is 5.32 Å². The lowest BCUT2D eigenvalue weighted by Gasteiger charge is -2.20. The van der Waals surface area contributed by atoms with Crippen molar-refractivity contribution in [1.29, 1.82) is 0 Å². The van der Waals surface area contributed by atoms with Crippen molar-refractivity contribution in [3.8, 4) is 0 Å². The van der Waals surface area contributed by atoms with Crippen LogP contribution in [0.2, 0.25) is 0 Å². The number of anilines is 1. The Balaban J connectivity index is 1.73. The predicted octanol–water partition coefficient (Wildman–Crippen LogP) is 3.46. The van der Waals surface area contributed by atoms with Crippen LogP contribution in [0.5, 0.6) is 0 Å². The first-order valence-electron chi connectivity index (χ1n) is 8.30. The molecule has 2 aromatic carbocycles. The zero-order chi connectivity index (χ0) is 16.4. The van der Waals surface area contributed by atoms with Gasteiger partial charge in [-0.1, -0.05) is 60.7 Å². The molecule has 4 heteroatoms. The maximum atomic E-state index is 12.3.